The average Bonchev–Trinajstić information content (AvgIpc) is 2.22. The second-order valence-corrected chi connectivity index (χ2v) is 4.44. The van der Waals surface area contributed by atoms with E-state index in [9.17, 15) is 9.18 Å². The first-order valence-corrected chi connectivity index (χ1v) is 5.44. The van der Waals surface area contributed by atoms with Gasteiger partial charge in [0.1, 0.15) is 5.82 Å². The zero-order valence-electron chi connectivity index (χ0n) is 10.0. The maximum Gasteiger partial charge on any atom is 0.156 e. The molecule has 0 aliphatic carbocycles. The molecular weight excluding hydrogens is 205 g/mol. The normalized spacial score (nSPS) is 14.6. The third-order valence-electron chi connectivity index (χ3n) is 3.03. The Hall–Kier alpha value is -1.22. The van der Waals surface area contributed by atoms with Gasteiger partial charge in [-0.3, -0.25) is 4.79 Å². The Kier molecular flexibility index (Phi) is 3.81. The lowest BCUT2D eigenvalue weighted by molar-refractivity contribution is -0.123. The summed E-state index contributed by atoms with van der Waals surface area (Å²) < 4.78 is 12.9. The number of carbonyl (C=O) groups is 1. The van der Waals surface area contributed by atoms with Crippen LogP contribution in [0, 0.1) is 12.7 Å². The molecule has 3 heteroatoms. The van der Waals surface area contributed by atoms with E-state index in [0.29, 0.717) is 6.42 Å². The van der Waals surface area contributed by atoms with Crippen LogP contribution in [0.3, 0.4) is 0 Å². The van der Waals surface area contributed by atoms with Gasteiger partial charge in [0.2, 0.25) is 0 Å². The first-order valence-electron chi connectivity index (χ1n) is 5.44. The van der Waals surface area contributed by atoms with Gasteiger partial charge < -0.3 is 5.73 Å². The van der Waals surface area contributed by atoms with Crippen LogP contribution >= 0.6 is 0 Å². The van der Waals surface area contributed by atoms with Gasteiger partial charge in [-0.2, -0.15) is 0 Å². The quantitative estimate of drug-likeness (QED) is 0.851. The number of rotatable bonds is 4. The Balaban J connectivity index is 2.85. The lowest BCUT2D eigenvalue weighted by Gasteiger charge is -2.21. The van der Waals surface area contributed by atoms with E-state index in [-0.39, 0.29) is 18.0 Å². The number of hydrogen-bond acceptors (Lipinski definition) is 2. The molecule has 0 radical (unpaired) electrons. The molecule has 0 saturated heterocycles. The minimum absolute atomic E-state index is 0.00953. The third-order valence-corrected chi connectivity index (χ3v) is 3.03. The second kappa shape index (κ2) is 4.74. The van der Waals surface area contributed by atoms with Crippen molar-refractivity contribution in [2.24, 2.45) is 5.73 Å². The van der Waals surface area contributed by atoms with Crippen LogP contribution < -0.4 is 5.73 Å². The van der Waals surface area contributed by atoms with E-state index in [4.69, 9.17) is 5.73 Å². The smallest absolute Gasteiger partial charge is 0.156 e. The van der Waals surface area contributed by atoms with Gasteiger partial charge in [0.05, 0.1) is 5.54 Å². The fourth-order valence-electron chi connectivity index (χ4n) is 1.43. The highest BCUT2D eigenvalue weighted by atomic mass is 19.1. The summed E-state index contributed by atoms with van der Waals surface area (Å²) in [7, 11) is 0. The largest absolute Gasteiger partial charge is 0.319 e. The summed E-state index contributed by atoms with van der Waals surface area (Å²) in [6.07, 6.45) is 0.874. The van der Waals surface area contributed by atoms with Crippen LogP contribution in [0.2, 0.25) is 0 Å². The van der Waals surface area contributed by atoms with Crippen molar-refractivity contribution >= 4 is 5.78 Å². The van der Waals surface area contributed by atoms with Crippen molar-refractivity contribution in [2.75, 3.05) is 0 Å². The molecule has 0 aromatic heterocycles. The molecular formula is C13H18FNO. The molecule has 1 unspecified atom stereocenters. The maximum atomic E-state index is 12.9. The number of hydrogen-bond donors (Lipinski definition) is 1. The van der Waals surface area contributed by atoms with Crippen molar-refractivity contribution in [3.05, 3.63) is 35.1 Å². The van der Waals surface area contributed by atoms with E-state index in [2.05, 4.69) is 0 Å². The van der Waals surface area contributed by atoms with E-state index in [1.165, 1.54) is 12.1 Å². The Morgan fingerprint density at radius 1 is 1.50 bits per heavy atom. The van der Waals surface area contributed by atoms with Crippen molar-refractivity contribution in [2.45, 2.75) is 39.2 Å². The summed E-state index contributed by atoms with van der Waals surface area (Å²) in [5.41, 5.74) is 6.71. The van der Waals surface area contributed by atoms with Gasteiger partial charge in [-0.15, -0.1) is 0 Å². The van der Waals surface area contributed by atoms with Crippen LogP contribution in [0.5, 0.6) is 0 Å². The zero-order valence-corrected chi connectivity index (χ0v) is 10.0. The Labute approximate surface area is 95.7 Å². The molecule has 0 spiro atoms. The van der Waals surface area contributed by atoms with Crippen molar-refractivity contribution in [3.8, 4) is 0 Å². The molecule has 16 heavy (non-hydrogen) atoms. The molecule has 1 aromatic rings. The highest BCUT2D eigenvalue weighted by molar-refractivity contribution is 5.89. The predicted octanol–water partition coefficient (Wildman–Crippen LogP) is 2.37. The van der Waals surface area contributed by atoms with E-state index in [1.807, 2.05) is 6.92 Å². The SMILES string of the molecule is CCC(C)(N)C(=O)Cc1ccc(F)cc1C. The second-order valence-electron chi connectivity index (χ2n) is 4.44. The van der Waals surface area contributed by atoms with E-state index < -0.39 is 5.54 Å². The predicted molar refractivity (Wildman–Crippen MR) is 62.7 cm³/mol. The summed E-state index contributed by atoms with van der Waals surface area (Å²) in [5.74, 6) is -0.288. The molecule has 0 fully saturated rings. The van der Waals surface area contributed by atoms with Gasteiger partial charge in [-0.25, -0.2) is 4.39 Å². The third kappa shape index (κ3) is 2.89. The fourth-order valence-corrected chi connectivity index (χ4v) is 1.43. The van der Waals surface area contributed by atoms with Gasteiger partial charge in [0, 0.05) is 6.42 Å². The van der Waals surface area contributed by atoms with Crippen LogP contribution in [0.1, 0.15) is 31.4 Å². The minimum atomic E-state index is -0.791. The van der Waals surface area contributed by atoms with Crippen LogP contribution in [0.15, 0.2) is 18.2 Å². The maximum absolute atomic E-state index is 12.9. The molecule has 2 N–H and O–H groups in total. The first kappa shape index (κ1) is 12.8. The van der Waals surface area contributed by atoms with Gasteiger partial charge in [0.25, 0.3) is 0 Å². The number of carbonyl (C=O) groups excluding carboxylic acids is 1. The highest BCUT2D eigenvalue weighted by Crippen LogP contribution is 2.15. The van der Waals surface area contributed by atoms with E-state index >= 15 is 0 Å². The van der Waals surface area contributed by atoms with Gasteiger partial charge in [0.15, 0.2) is 5.78 Å². The molecule has 2 nitrogen and oxygen atoms in total. The summed E-state index contributed by atoms with van der Waals surface area (Å²) in [6, 6.07) is 4.45. The summed E-state index contributed by atoms with van der Waals surface area (Å²) in [6.45, 7) is 5.41. The number of aryl methyl sites for hydroxylation is 1. The Bertz CT molecular complexity index is 399. The molecule has 1 atom stereocenters. The van der Waals surface area contributed by atoms with Gasteiger partial charge >= 0.3 is 0 Å². The van der Waals surface area contributed by atoms with Crippen LogP contribution in [0.25, 0.3) is 0 Å². The van der Waals surface area contributed by atoms with Crippen molar-refractivity contribution in [1.29, 1.82) is 0 Å². The fraction of sp³-hybridized carbons (Fsp3) is 0.462. The van der Waals surface area contributed by atoms with E-state index in [1.54, 1.807) is 19.9 Å². The molecule has 0 aliphatic heterocycles. The minimum Gasteiger partial charge on any atom is -0.319 e. The van der Waals surface area contributed by atoms with Crippen molar-refractivity contribution < 1.29 is 9.18 Å². The zero-order chi connectivity index (χ0) is 12.3. The number of benzene rings is 1. The lowest BCUT2D eigenvalue weighted by Crippen LogP contribution is -2.45. The van der Waals surface area contributed by atoms with Crippen LogP contribution in [0.4, 0.5) is 4.39 Å². The number of nitrogens with two attached hydrogens (primary N) is 1. The van der Waals surface area contributed by atoms with Gasteiger partial charge in [-0.05, 0) is 43.5 Å². The summed E-state index contributed by atoms with van der Waals surface area (Å²) >= 11 is 0. The summed E-state index contributed by atoms with van der Waals surface area (Å²) in [5, 5.41) is 0. The Morgan fingerprint density at radius 3 is 2.62 bits per heavy atom. The molecule has 0 amide bonds. The molecule has 0 aliphatic rings. The average molecular weight is 223 g/mol. The van der Waals surface area contributed by atoms with Crippen LogP contribution in [-0.4, -0.2) is 11.3 Å². The molecule has 1 rings (SSSR count). The standard InChI is InChI=1S/C13H18FNO/c1-4-13(3,15)12(16)8-10-5-6-11(14)7-9(10)2/h5-7H,4,8,15H2,1-3H3. The first-order chi connectivity index (χ1) is 7.36. The van der Waals surface area contributed by atoms with Crippen molar-refractivity contribution in [1.82, 2.24) is 0 Å². The topological polar surface area (TPSA) is 43.1 Å². The number of halogens is 1. The molecule has 0 bridgehead atoms. The molecule has 0 heterocycles. The molecule has 0 saturated carbocycles. The van der Waals surface area contributed by atoms with Crippen LogP contribution in [-0.2, 0) is 11.2 Å². The van der Waals surface area contributed by atoms with Crippen molar-refractivity contribution in [3.63, 3.8) is 0 Å². The molecule has 1 aromatic carbocycles. The number of ketones is 1. The lowest BCUT2D eigenvalue weighted by atomic mass is 9.89. The highest BCUT2D eigenvalue weighted by Gasteiger charge is 2.25. The monoisotopic (exact) mass is 223 g/mol. The summed E-state index contributed by atoms with van der Waals surface area (Å²) in [4.78, 5) is 11.9. The van der Waals surface area contributed by atoms with E-state index in [0.717, 1.165) is 11.1 Å². The molecule has 88 valence electrons. The van der Waals surface area contributed by atoms with Gasteiger partial charge in [-0.1, -0.05) is 13.0 Å². The Morgan fingerprint density at radius 2 is 2.12 bits per heavy atom. The number of Topliss-reactive ketones (excluding diaryl/α,β-unsaturated/α-hetero) is 1.